The van der Waals surface area contributed by atoms with Crippen molar-refractivity contribution in [3.8, 4) is 5.69 Å². The summed E-state index contributed by atoms with van der Waals surface area (Å²) in [6.45, 7) is 3.33. The quantitative estimate of drug-likeness (QED) is 0.375. The molecule has 1 unspecified atom stereocenters. The second-order valence-electron chi connectivity index (χ2n) is 6.35. The highest BCUT2D eigenvalue weighted by Gasteiger charge is 2.21. The van der Waals surface area contributed by atoms with Gasteiger partial charge in [0.2, 0.25) is 0 Å². The number of aryl methyl sites for hydroxylation is 1. The van der Waals surface area contributed by atoms with Gasteiger partial charge in [-0.15, -0.1) is 21.5 Å². The van der Waals surface area contributed by atoms with Gasteiger partial charge in [-0.3, -0.25) is 19.0 Å². The summed E-state index contributed by atoms with van der Waals surface area (Å²) in [5, 5.41) is 13.4. The topological polar surface area (TPSA) is 129 Å². The highest BCUT2D eigenvalue weighted by atomic mass is 35.5. The highest BCUT2D eigenvalue weighted by Crippen LogP contribution is 2.25. The molecule has 0 fully saturated rings. The zero-order valence-electron chi connectivity index (χ0n) is 16.5. The third-order valence-electron chi connectivity index (χ3n) is 4.11. The van der Waals surface area contributed by atoms with E-state index in [2.05, 4.69) is 15.5 Å². The van der Waals surface area contributed by atoms with Crippen molar-refractivity contribution in [3.05, 3.63) is 52.1 Å². The number of thiophene rings is 1. The minimum atomic E-state index is -1.07. The number of anilines is 1. The molecule has 0 saturated heterocycles. The van der Waals surface area contributed by atoms with E-state index < -0.39 is 23.9 Å². The molecule has 3 N–H and O–H groups in total. The Bertz CT molecular complexity index is 1130. The van der Waals surface area contributed by atoms with Crippen molar-refractivity contribution in [2.24, 2.45) is 5.73 Å². The molecular formula is C19H18ClN5O4S2. The predicted molar refractivity (Wildman–Crippen MR) is 119 cm³/mol. The molecule has 2 aromatic heterocycles. The molecule has 0 radical (unpaired) electrons. The second-order valence-corrected chi connectivity index (χ2v) is 8.62. The number of hydrogen-bond acceptors (Lipinski definition) is 8. The molecule has 3 rings (SSSR count). The van der Waals surface area contributed by atoms with E-state index in [-0.39, 0.29) is 11.3 Å². The van der Waals surface area contributed by atoms with Crippen molar-refractivity contribution in [2.75, 3.05) is 11.1 Å². The van der Waals surface area contributed by atoms with Gasteiger partial charge < -0.3 is 15.8 Å². The number of thioether (sulfide) groups is 1. The van der Waals surface area contributed by atoms with Gasteiger partial charge in [0.05, 0.1) is 17.0 Å². The monoisotopic (exact) mass is 479 g/mol. The van der Waals surface area contributed by atoms with E-state index in [0.29, 0.717) is 15.2 Å². The number of nitrogens with two attached hydrogens (primary N) is 1. The third-order valence-corrected chi connectivity index (χ3v) is 6.27. The van der Waals surface area contributed by atoms with E-state index >= 15 is 0 Å². The van der Waals surface area contributed by atoms with Crippen LogP contribution in [0.2, 0.25) is 5.02 Å². The van der Waals surface area contributed by atoms with Gasteiger partial charge in [0, 0.05) is 5.02 Å². The van der Waals surface area contributed by atoms with Crippen LogP contribution in [0.15, 0.2) is 41.1 Å². The molecule has 0 aliphatic heterocycles. The molecule has 0 aliphatic rings. The smallest absolute Gasteiger partial charge is 0.317 e. The van der Waals surface area contributed by atoms with E-state index in [1.807, 2.05) is 19.1 Å². The number of aromatic nitrogens is 3. The van der Waals surface area contributed by atoms with Crippen molar-refractivity contribution in [1.29, 1.82) is 0 Å². The van der Waals surface area contributed by atoms with E-state index in [1.165, 1.54) is 19.3 Å². The number of nitrogens with one attached hydrogen (secondary N) is 1. The van der Waals surface area contributed by atoms with Crippen LogP contribution in [-0.4, -0.2) is 44.4 Å². The van der Waals surface area contributed by atoms with Gasteiger partial charge in [0.1, 0.15) is 11.3 Å². The number of hydrogen-bond donors (Lipinski definition) is 2. The fraction of sp³-hybridized carbons (Fsp3) is 0.211. The van der Waals surface area contributed by atoms with Crippen LogP contribution < -0.4 is 11.1 Å². The molecule has 0 saturated carbocycles. The van der Waals surface area contributed by atoms with Gasteiger partial charge in [-0.05, 0) is 43.0 Å². The Morgan fingerprint density at radius 3 is 2.84 bits per heavy atom. The minimum Gasteiger partial charge on any atom is -0.452 e. The summed E-state index contributed by atoms with van der Waals surface area (Å²) in [7, 11) is 0. The largest absolute Gasteiger partial charge is 0.452 e. The van der Waals surface area contributed by atoms with Crippen LogP contribution in [0.25, 0.3) is 5.69 Å². The van der Waals surface area contributed by atoms with Crippen LogP contribution in [0, 0.1) is 6.92 Å². The number of primary amides is 1. The molecule has 0 bridgehead atoms. The Kier molecular flexibility index (Phi) is 7.31. The van der Waals surface area contributed by atoms with Crippen LogP contribution in [0.1, 0.15) is 22.8 Å². The lowest BCUT2D eigenvalue weighted by Gasteiger charge is -2.13. The highest BCUT2D eigenvalue weighted by molar-refractivity contribution is 7.99. The first kappa shape index (κ1) is 22.8. The number of benzene rings is 1. The number of halogens is 1. The fourth-order valence-corrected chi connectivity index (χ4v) is 4.13. The summed E-state index contributed by atoms with van der Waals surface area (Å²) in [6, 6.07) is 7.02. The number of rotatable bonds is 8. The van der Waals surface area contributed by atoms with Crippen molar-refractivity contribution >= 4 is 57.5 Å². The van der Waals surface area contributed by atoms with Gasteiger partial charge in [0.25, 0.3) is 11.8 Å². The molecule has 2 amide bonds. The van der Waals surface area contributed by atoms with Crippen LogP contribution in [0.4, 0.5) is 5.00 Å². The number of esters is 1. The van der Waals surface area contributed by atoms with Gasteiger partial charge in [0.15, 0.2) is 11.3 Å². The lowest BCUT2D eigenvalue weighted by atomic mass is 10.2. The Morgan fingerprint density at radius 1 is 1.35 bits per heavy atom. The SMILES string of the molecule is Cc1ccc(-n2cnnc2SCC(=O)OC(C)C(=O)Nc2sccc2C(N)=O)cc1Cl. The summed E-state index contributed by atoms with van der Waals surface area (Å²) in [4.78, 5) is 35.8. The number of carbonyl (C=O) groups is 3. The van der Waals surface area contributed by atoms with E-state index in [1.54, 1.807) is 16.0 Å². The van der Waals surface area contributed by atoms with Crippen molar-refractivity contribution in [1.82, 2.24) is 14.8 Å². The van der Waals surface area contributed by atoms with E-state index in [4.69, 9.17) is 22.1 Å². The first-order valence-corrected chi connectivity index (χ1v) is 11.2. The molecule has 2 heterocycles. The predicted octanol–water partition coefficient (Wildman–Crippen LogP) is 3.05. The van der Waals surface area contributed by atoms with Crippen molar-refractivity contribution in [3.63, 3.8) is 0 Å². The third kappa shape index (κ3) is 5.63. The summed E-state index contributed by atoms with van der Waals surface area (Å²) in [5.41, 5.74) is 7.15. The molecule has 31 heavy (non-hydrogen) atoms. The van der Waals surface area contributed by atoms with Gasteiger partial charge in [-0.2, -0.15) is 0 Å². The average Bonchev–Trinajstić information content (AvgIpc) is 3.37. The number of carbonyl (C=O) groups excluding carboxylic acids is 3. The molecule has 1 atom stereocenters. The van der Waals surface area contributed by atoms with Crippen LogP contribution in [0.5, 0.6) is 0 Å². The first-order chi connectivity index (χ1) is 14.8. The minimum absolute atomic E-state index is 0.0819. The zero-order valence-corrected chi connectivity index (χ0v) is 18.9. The van der Waals surface area contributed by atoms with Crippen LogP contribution >= 0.6 is 34.7 Å². The Labute approximate surface area is 190 Å². The number of ether oxygens (including phenoxy) is 1. The van der Waals surface area contributed by atoms with Gasteiger partial charge >= 0.3 is 5.97 Å². The normalized spacial score (nSPS) is 11.7. The van der Waals surface area contributed by atoms with E-state index in [0.717, 1.165) is 34.3 Å². The molecule has 12 heteroatoms. The molecule has 3 aromatic rings. The summed E-state index contributed by atoms with van der Waals surface area (Å²) < 4.78 is 6.87. The Morgan fingerprint density at radius 2 is 2.13 bits per heavy atom. The first-order valence-electron chi connectivity index (χ1n) is 8.93. The van der Waals surface area contributed by atoms with Gasteiger partial charge in [-0.25, -0.2) is 0 Å². The van der Waals surface area contributed by atoms with Crippen molar-refractivity contribution < 1.29 is 19.1 Å². The maximum atomic E-state index is 12.3. The molecule has 1 aromatic carbocycles. The van der Waals surface area contributed by atoms with Crippen molar-refractivity contribution in [2.45, 2.75) is 25.1 Å². The maximum Gasteiger partial charge on any atom is 0.317 e. The molecule has 0 spiro atoms. The molecule has 0 aliphatic carbocycles. The lowest BCUT2D eigenvalue weighted by molar-refractivity contribution is -0.150. The number of nitrogens with zero attached hydrogens (tertiary/aromatic N) is 3. The molecule has 9 nitrogen and oxygen atoms in total. The molecule has 162 valence electrons. The Balaban J connectivity index is 1.56. The Hall–Kier alpha value is -2.89. The van der Waals surface area contributed by atoms with Crippen LogP contribution in [-0.2, 0) is 14.3 Å². The summed E-state index contributed by atoms with van der Waals surface area (Å²) in [6.07, 6.45) is 0.451. The number of amides is 2. The van der Waals surface area contributed by atoms with Gasteiger partial charge in [-0.1, -0.05) is 29.4 Å². The standard InChI is InChI=1S/C19H18ClN5O4S2/c1-10-3-4-12(7-14(10)20)25-9-22-24-19(25)31-8-15(26)29-11(2)17(28)23-18-13(16(21)27)5-6-30-18/h3-7,9,11H,8H2,1-2H3,(H2,21,27)(H,23,28). The van der Waals surface area contributed by atoms with Crippen LogP contribution in [0.3, 0.4) is 0 Å². The molecular weight excluding hydrogens is 462 g/mol. The fourth-order valence-electron chi connectivity index (χ4n) is 2.45. The lowest BCUT2D eigenvalue weighted by Crippen LogP contribution is -2.31. The van der Waals surface area contributed by atoms with E-state index in [9.17, 15) is 14.4 Å². The maximum absolute atomic E-state index is 12.3. The summed E-state index contributed by atoms with van der Waals surface area (Å²) in [5.74, 6) is -1.91. The zero-order chi connectivity index (χ0) is 22.5. The summed E-state index contributed by atoms with van der Waals surface area (Å²) >= 11 is 8.44. The second kappa shape index (κ2) is 9.94. The average molecular weight is 480 g/mol.